The second-order valence-electron chi connectivity index (χ2n) is 5.76. The van der Waals surface area contributed by atoms with E-state index in [1.165, 1.54) is 25.7 Å². The van der Waals surface area contributed by atoms with Crippen molar-refractivity contribution < 1.29 is 4.79 Å². The molecule has 0 heterocycles. The minimum atomic E-state index is 0.0752. The Morgan fingerprint density at radius 1 is 0.958 bits per heavy atom. The van der Waals surface area contributed by atoms with Crippen molar-refractivity contribution in [3.63, 3.8) is 0 Å². The summed E-state index contributed by atoms with van der Waals surface area (Å²) in [5.74, 6) is 0.0752. The van der Waals surface area contributed by atoms with Crippen LogP contribution in [-0.4, -0.2) is 11.2 Å². The number of halogens is 1. The van der Waals surface area contributed by atoms with E-state index in [0.29, 0.717) is 5.38 Å². The van der Waals surface area contributed by atoms with Gasteiger partial charge in [0.1, 0.15) is 0 Å². The molecule has 0 aromatic heterocycles. The minimum Gasteiger partial charge on any atom is -0.289 e. The van der Waals surface area contributed by atoms with Gasteiger partial charge in [0.2, 0.25) is 0 Å². The second kappa shape index (κ2) is 12.8. The normalized spacial score (nSPS) is 11.3. The maximum atomic E-state index is 11.8. The van der Waals surface area contributed by atoms with E-state index in [1.54, 1.807) is 0 Å². The number of rotatable bonds is 8. The van der Waals surface area contributed by atoms with E-state index in [2.05, 4.69) is 20.3 Å². The van der Waals surface area contributed by atoms with Gasteiger partial charge in [0.15, 0.2) is 5.78 Å². The van der Waals surface area contributed by atoms with Crippen LogP contribution in [0.2, 0.25) is 0 Å². The SMILES string of the molecule is C[CH]CCCCC(Cl)CC.O=C(c1ccccc1)c1ccccc1. The first-order chi connectivity index (χ1) is 11.7. The number of carbonyl (C=O) groups excluding carboxylic acids is 1. The Labute approximate surface area is 152 Å². The molecular weight excluding hydrogens is 316 g/mol. The summed E-state index contributed by atoms with van der Waals surface area (Å²) >= 11 is 5.93. The highest BCUT2D eigenvalue weighted by atomic mass is 35.5. The predicted octanol–water partition coefficient (Wildman–Crippen LogP) is 6.71. The molecule has 0 bridgehead atoms. The van der Waals surface area contributed by atoms with Gasteiger partial charge in [-0.25, -0.2) is 0 Å². The van der Waals surface area contributed by atoms with Gasteiger partial charge in [-0.3, -0.25) is 4.79 Å². The van der Waals surface area contributed by atoms with Crippen molar-refractivity contribution >= 4 is 17.4 Å². The third-order valence-electron chi connectivity index (χ3n) is 3.78. The van der Waals surface area contributed by atoms with Gasteiger partial charge in [-0.1, -0.05) is 93.8 Å². The number of hydrogen-bond donors (Lipinski definition) is 0. The van der Waals surface area contributed by atoms with E-state index in [0.717, 1.165) is 17.5 Å². The predicted molar refractivity (Wildman–Crippen MR) is 105 cm³/mol. The first-order valence-corrected chi connectivity index (χ1v) is 9.19. The average Bonchev–Trinajstić information content (AvgIpc) is 2.66. The minimum absolute atomic E-state index is 0.0752. The zero-order chi connectivity index (χ0) is 17.6. The summed E-state index contributed by atoms with van der Waals surface area (Å²) < 4.78 is 0. The number of alkyl halides is 1. The molecule has 2 rings (SSSR count). The van der Waals surface area contributed by atoms with Gasteiger partial charge in [-0.15, -0.1) is 11.6 Å². The fraction of sp³-hybridized carbons (Fsp3) is 0.364. The van der Waals surface area contributed by atoms with E-state index in [4.69, 9.17) is 11.6 Å². The molecule has 129 valence electrons. The first-order valence-electron chi connectivity index (χ1n) is 8.75. The fourth-order valence-corrected chi connectivity index (χ4v) is 2.42. The smallest absolute Gasteiger partial charge is 0.193 e. The van der Waals surface area contributed by atoms with E-state index < -0.39 is 0 Å². The molecule has 2 aromatic rings. The summed E-state index contributed by atoms with van der Waals surface area (Å²) in [6.45, 7) is 4.25. The summed E-state index contributed by atoms with van der Waals surface area (Å²) in [7, 11) is 0. The lowest BCUT2D eigenvalue weighted by atomic mass is 10.0. The van der Waals surface area contributed by atoms with E-state index in [9.17, 15) is 4.79 Å². The lowest BCUT2D eigenvalue weighted by molar-refractivity contribution is 0.103. The van der Waals surface area contributed by atoms with E-state index in [1.807, 2.05) is 60.7 Å². The Morgan fingerprint density at radius 2 is 1.46 bits per heavy atom. The van der Waals surface area contributed by atoms with Crippen molar-refractivity contribution in [2.24, 2.45) is 0 Å². The molecule has 0 aliphatic rings. The van der Waals surface area contributed by atoms with Gasteiger partial charge < -0.3 is 0 Å². The molecule has 0 fully saturated rings. The van der Waals surface area contributed by atoms with Crippen molar-refractivity contribution in [3.05, 3.63) is 78.2 Å². The van der Waals surface area contributed by atoms with Crippen LogP contribution in [-0.2, 0) is 0 Å². The number of hydrogen-bond acceptors (Lipinski definition) is 1. The number of carbonyl (C=O) groups is 1. The Bertz CT molecular complexity index is 509. The van der Waals surface area contributed by atoms with Crippen molar-refractivity contribution in [1.29, 1.82) is 0 Å². The van der Waals surface area contributed by atoms with Crippen molar-refractivity contribution in [2.45, 2.75) is 51.3 Å². The molecule has 2 heteroatoms. The zero-order valence-corrected chi connectivity index (χ0v) is 15.5. The standard InChI is InChI=1S/C13H10O.C9H18Cl/c14-13(11-7-3-1-4-8-11)12-9-5-2-6-10-12;1-3-5-6-7-8-9(10)4-2/h1-10H;3,9H,4-8H2,1-2H3. The quantitative estimate of drug-likeness (QED) is 0.296. The molecule has 2 aromatic carbocycles. The monoisotopic (exact) mass is 343 g/mol. The van der Waals surface area contributed by atoms with Gasteiger partial charge in [0.25, 0.3) is 0 Å². The summed E-state index contributed by atoms with van der Waals surface area (Å²) in [5.41, 5.74) is 1.47. The molecule has 0 saturated heterocycles. The Kier molecular flexibility index (Phi) is 10.9. The van der Waals surface area contributed by atoms with Crippen LogP contribution in [0, 0.1) is 6.42 Å². The van der Waals surface area contributed by atoms with Crippen LogP contribution in [0.4, 0.5) is 0 Å². The highest BCUT2D eigenvalue weighted by Crippen LogP contribution is 2.12. The lowest BCUT2D eigenvalue weighted by Gasteiger charge is -2.04. The molecule has 1 unspecified atom stereocenters. The third-order valence-corrected chi connectivity index (χ3v) is 4.30. The van der Waals surface area contributed by atoms with Crippen LogP contribution in [0.5, 0.6) is 0 Å². The largest absolute Gasteiger partial charge is 0.289 e. The molecule has 1 atom stereocenters. The first kappa shape index (κ1) is 20.4. The zero-order valence-electron chi connectivity index (χ0n) is 14.7. The molecule has 0 spiro atoms. The van der Waals surface area contributed by atoms with E-state index in [-0.39, 0.29) is 5.78 Å². The maximum Gasteiger partial charge on any atom is 0.193 e. The maximum absolute atomic E-state index is 11.8. The number of ketones is 1. The summed E-state index contributed by atoms with van der Waals surface area (Å²) in [4.78, 5) is 11.8. The number of benzene rings is 2. The second-order valence-corrected chi connectivity index (χ2v) is 6.38. The van der Waals surface area contributed by atoms with Crippen LogP contribution in [0.15, 0.2) is 60.7 Å². The molecule has 0 aliphatic carbocycles. The Hall–Kier alpha value is -1.60. The van der Waals surface area contributed by atoms with Gasteiger partial charge >= 0.3 is 0 Å². The Morgan fingerprint density at radius 3 is 1.88 bits per heavy atom. The summed E-state index contributed by atoms with van der Waals surface area (Å²) in [6.07, 6.45) is 8.35. The van der Waals surface area contributed by atoms with Gasteiger partial charge in [-0.05, 0) is 19.3 Å². The van der Waals surface area contributed by atoms with Crippen LogP contribution in [0.1, 0.15) is 61.9 Å². The lowest BCUT2D eigenvalue weighted by Crippen LogP contribution is -1.99. The molecular formula is C22H28ClO. The van der Waals surface area contributed by atoms with Crippen molar-refractivity contribution in [3.8, 4) is 0 Å². The van der Waals surface area contributed by atoms with Crippen LogP contribution >= 0.6 is 11.6 Å². The summed E-state index contributed by atoms with van der Waals surface area (Å²) in [5, 5.41) is 0.414. The molecule has 0 N–H and O–H groups in total. The molecule has 1 radical (unpaired) electrons. The van der Waals surface area contributed by atoms with Crippen molar-refractivity contribution in [2.75, 3.05) is 0 Å². The fourth-order valence-electron chi connectivity index (χ4n) is 2.26. The van der Waals surface area contributed by atoms with Crippen LogP contribution in [0.3, 0.4) is 0 Å². The topological polar surface area (TPSA) is 17.1 Å². The molecule has 24 heavy (non-hydrogen) atoms. The van der Waals surface area contributed by atoms with Crippen molar-refractivity contribution in [1.82, 2.24) is 0 Å². The van der Waals surface area contributed by atoms with Crippen LogP contribution in [0.25, 0.3) is 0 Å². The van der Waals surface area contributed by atoms with Gasteiger partial charge in [0.05, 0.1) is 0 Å². The van der Waals surface area contributed by atoms with Gasteiger partial charge in [-0.2, -0.15) is 0 Å². The number of unbranched alkanes of at least 4 members (excludes halogenated alkanes) is 3. The van der Waals surface area contributed by atoms with Gasteiger partial charge in [0, 0.05) is 16.5 Å². The Balaban J connectivity index is 0.000000257. The molecule has 0 aliphatic heterocycles. The molecule has 0 saturated carbocycles. The van der Waals surface area contributed by atoms with Crippen LogP contribution < -0.4 is 0 Å². The highest BCUT2D eigenvalue weighted by Gasteiger charge is 2.06. The molecule has 0 amide bonds. The van der Waals surface area contributed by atoms with E-state index >= 15 is 0 Å². The molecule has 1 nitrogen and oxygen atoms in total. The third kappa shape index (κ3) is 8.31. The average molecular weight is 344 g/mol. The summed E-state index contributed by atoms with van der Waals surface area (Å²) in [6, 6.07) is 18.6. The highest BCUT2D eigenvalue weighted by molar-refractivity contribution is 6.20.